The summed E-state index contributed by atoms with van der Waals surface area (Å²) in [5.41, 5.74) is -4.69. The molecule has 0 amide bonds. The standard InChI is InChI=1S/C39H55F2O5P/c1-12-13-14-15-25-16-19-28(30(20-25)39(40,41)47)29-21-26-17-18-27(22-32(26)44-33(29)42)45-37(8,9)24-38(10,11)46-34(43)31(36(5,6)7)23-35(2,3)4/h16-22,31H,12-15,23-24,47H2,1-11H3. The highest BCUT2D eigenvalue weighted by molar-refractivity contribution is 7.17. The Bertz CT molecular complexity index is 1600. The Labute approximate surface area is 282 Å². The number of hydrogen-bond donors (Lipinski definition) is 0. The molecule has 3 rings (SSSR count). The van der Waals surface area contributed by atoms with Crippen LogP contribution in [0.25, 0.3) is 22.1 Å². The van der Waals surface area contributed by atoms with E-state index in [4.69, 9.17) is 13.9 Å². The maximum Gasteiger partial charge on any atom is 0.344 e. The molecule has 8 heteroatoms. The lowest BCUT2D eigenvalue weighted by Crippen LogP contribution is -2.43. The summed E-state index contributed by atoms with van der Waals surface area (Å²) in [6.07, 6.45) is 4.78. The van der Waals surface area contributed by atoms with Crippen LogP contribution in [0.1, 0.15) is 119 Å². The molecule has 0 spiro atoms. The zero-order valence-corrected chi connectivity index (χ0v) is 31.4. The Morgan fingerprint density at radius 1 is 0.872 bits per heavy atom. The highest BCUT2D eigenvalue weighted by Crippen LogP contribution is 2.42. The molecule has 0 N–H and O–H groups in total. The van der Waals surface area contributed by atoms with Gasteiger partial charge in [0, 0.05) is 23.4 Å². The average molecular weight is 673 g/mol. The monoisotopic (exact) mass is 672 g/mol. The van der Waals surface area contributed by atoms with Crippen LogP contribution in [0.5, 0.6) is 5.75 Å². The highest BCUT2D eigenvalue weighted by atomic mass is 31.0. The van der Waals surface area contributed by atoms with E-state index >= 15 is 0 Å². The second-order valence-corrected chi connectivity index (χ2v) is 17.2. The number of aryl methyl sites for hydroxylation is 1. The summed E-state index contributed by atoms with van der Waals surface area (Å²) in [5, 5.41) is 0.580. The Balaban J connectivity index is 1.84. The van der Waals surface area contributed by atoms with Crippen molar-refractivity contribution in [1.82, 2.24) is 0 Å². The maximum absolute atomic E-state index is 14.8. The lowest BCUT2D eigenvalue weighted by molar-refractivity contribution is -0.170. The maximum atomic E-state index is 14.8. The number of halogens is 2. The Hall–Kier alpha value is -2.79. The molecule has 1 heterocycles. The number of alkyl halides is 2. The zero-order valence-electron chi connectivity index (χ0n) is 30.2. The summed E-state index contributed by atoms with van der Waals surface area (Å²) in [7, 11) is 1.59. The van der Waals surface area contributed by atoms with Crippen LogP contribution in [0.3, 0.4) is 0 Å². The largest absolute Gasteiger partial charge is 0.488 e. The minimum absolute atomic E-state index is 0.0314. The molecular formula is C39H55F2O5P. The van der Waals surface area contributed by atoms with Gasteiger partial charge in [-0.05, 0) is 93.2 Å². The van der Waals surface area contributed by atoms with E-state index in [9.17, 15) is 18.4 Å². The molecule has 47 heavy (non-hydrogen) atoms. The number of esters is 1. The predicted octanol–water partition coefficient (Wildman–Crippen LogP) is 11.1. The van der Waals surface area contributed by atoms with Gasteiger partial charge in [0.2, 0.25) is 0 Å². The number of carbonyl (C=O) groups excluding carboxylic acids is 1. The number of ether oxygens (including phenoxy) is 2. The molecule has 0 radical (unpaired) electrons. The van der Waals surface area contributed by atoms with E-state index in [-0.39, 0.29) is 45.0 Å². The van der Waals surface area contributed by atoms with Crippen molar-refractivity contribution in [3.05, 3.63) is 64.0 Å². The highest BCUT2D eigenvalue weighted by Gasteiger charge is 2.40. The molecule has 2 aromatic carbocycles. The molecule has 0 aliphatic rings. The van der Waals surface area contributed by atoms with E-state index in [1.165, 1.54) is 6.07 Å². The first-order valence-electron chi connectivity index (χ1n) is 16.7. The molecule has 0 aliphatic heterocycles. The van der Waals surface area contributed by atoms with Crippen molar-refractivity contribution in [2.45, 2.75) is 132 Å². The van der Waals surface area contributed by atoms with Gasteiger partial charge >= 0.3 is 11.6 Å². The third-order valence-electron chi connectivity index (χ3n) is 8.28. The first-order chi connectivity index (χ1) is 21.4. The summed E-state index contributed by atoms with van der Waals surface area (Å²) in [6, 6.07) is 11.6. The number of fused-ring (bicyclic) bond motifs is 1. The molecular weight excluding hydrogens is 617 g/mol. The lowest BCUT2D eigenvalue weighted by Gasteiger charge is -2.39. The molecule has 0 aliphatic carbocycles. The van der Waals surface area contributed by atoms with Crippen molar-refractivity contribution in [2.75, 3.05) is 0 Å². The van der Waals surface area contributed by atoms with Crippen molar-refractivity contribution in [2.24, 2.45) is 16.7 Å². The van der Waals surface area contributed by atoms with E-state index < -0.39 is 22.5 Å². The fourth-order valence-electron chi connectivity index (χ4n) is 6.29. The molecule has 2 atom stereocenters. The smallest absolute Gasteiger partial charge is 0.344 e. The average Bonchev–Trinajstić information content (AvgIpc) is 2.88. The fraction of sp³-hybridized carbons (Fsp3) is 0.590. The van der Waals surface area contributed by atoms with Crippen LogP contribution in [0.4, 0.5) is 8.78 Å². The third kappa shape index (κ3) is 11.1. The van der Waals surface area contributed by atoms with Crippen LogP contribution in [0, 0.1) is 16.7 Å². The summed E-state index contributed by atoms with van der Waals surface area (Å²) in [5.74, 6) is -0.0131. The summed E-state index contributed by atoms with van der Waals surface area (Å²) in [6.45, 7) is 22.3. The second kappa shape index (κ2) is 14.4. The minimum atomic E-state index is -3.22. The van der Waals surface area contributed by atoms with Gasteiger partial charge in [0.05, 0.1) is 11.5 Å². The van der Waals surface area contributed by atoms with Gasteiger partial charge in [-0.15, -0.1) is 0 Å². The molecule has 0 fully saturated rings. The van der Waals surface area contributed by atoms with E-state index in [1.807, 2.05) is 27.7 Å². The second-order valence-electron chi connectivity index (χ2n) is 16.5. The molecule has 0 saturated heterocycles. The quantitative estimate of drug-likeness (QED) is 0.0782. The van der Waals surface area contributed by atoms with Gasteiger partial charge in [-0.1, -0.05) is 82.7 Å². The number of rotatable bonds is 13. The summed E-state index contributed by atoms with van der Waals surface area (Å²) in [4.78, 5) is 26.6. The first kappa shape index (κ1) is 38.7. The predicted molar refractivity (Wildman–Crippen MR) is 191 cm³/mol. The number of unbranched alkanes of at least 4 members (excludes halogenated alkanes) is 2. The van der Waals surface area contributed by atoms with Crippen molar-refractivity contribution in [3.8, 4) is 16.9 Å². The number of benzene rings is 2. The van der Waals surface area contributed by atoms with Gasteiger partial charge in [0.25, 0.3) is 5.66 Å². The summed E-state index contributed by atoms with van der Waals surface area (Å²) < 4.78 is 47.7. The van der Waals surface area contributed by atoms with Gasteiger partial charge in [0.1, 0.15) is 22.5 Å². The van der Waals surface area contributed by atoms with E-state index in [2.05, 4.69) is 48.5 Å². The van der Waals surface area contributed by atoms with Crippen molar-refractivity contribution >= 4 is 26.2 Å². The van der Waals surface area contributed by atoms with E-state index in [0.717, 1.165) is 24.8 Å². The normalized spacial score (nSPS) is 13.9. The minimum Gasteiger partial charge on any atom is -0.488 e. The van der Waals surface area contributed by atoms with E-state index in [1.54, 1.807) is 45.6 Å². The summed E-state index contributed by atoms with van der Waals surface area (Å²) >= 11 is 0. The van der Waals surface area contributed by atoms with Crippen molar-refractivity contribution < 1.29 is 27.5 Å². The Morgan fingerprint density at radius 3 is 2.11 bits per heavy atom. The van der Waals surface area contributed by atoms with Crippen LogP contribution in [0.2, 0.25) is 0 Å². The number of carbonyl (C=O) groups is 1. The van der Waals surface area contributed by atoms with Gasteiger partial charge in [-0.2, -0.15) is 8.78 Å². The molecule has 260 valence electrons. The lowest BCUT2D eigenvalue weighted by atomic mass is 9.72. The Morgan fingerprint density at radius 2 is 1.53 bits per heavy atom. The fourth-order valence-corrected chi connectivity index (χ4v) is 6.53. The Kier molecular flexibility index (Phi) is 11.8. The van der Waals surface area contributed by atoms with E-state index in [0.29, 0.717) is 30.4 Å². The van der Waals surface area contributed by atoms with Crippen LogP contribution < -0.4 is 10.4 Å². The van der Waals surface area contributed by atoms with Crippen molar-refractivity contribution in [1.29, 1.82) is 0 Å². The molecule has 0 bridgehead atoms. The first-order valence-corrected chi connectivity index (χ1v) is 17.3. The van der Waals surface area contributed by atoms with Crippen LogP contribution in [-0.2, 0) is 21.6 Å². The number of hydrogen-bond acceptors (Lipinski definition) is 5. The molecule has 2 unspecified atom stereocenters. The zero-order chi connectivity index (χ0) is 35.6. The van der Waals surface area contributed by atoms with Gasteiger partial charge < -0.3 is 13.9 Å². The van der Waals surface area contributed by atoms with Crippen LogP contribution in [-0.4, -0.2) is 17.2 Å². The van der Waals surface area contributed by atoms with Crippen LogP contribution >= 0.6 is 9.24 Å². The SMILES string of the molecule is CCCCCc1ccc(-c2cc3ccc(OC(C)(C)CC(C)(C)OC(=O)C(CC(C)(C)C)C(C)(C)C)cc3oc2=O)c(C(F)(F)P)c1. The van der Waals surface area contributed by atoms with Crippen molar-refractivity contribution in [3.63, 3.8) is 0 Å². The van der Waals surface area contributed by atoms with Gasteiger partial charge in [-0.25, -0.2) is 4.79 Å². The molecule has 1 aromatic heterocycles. The van der Waals surface area contributed by atoms with Crippen LogP contribution in [0.15, 0.2) is 51.7 Å². The molecule has 3 aromatic rings. The van der Waals surface area contributed by atoms with Gasteiger partial charge in [0.15, 0.2) is 0 Å². The molecule has 5 nitrogen and oxygen atoms in total. The molecule has 0 saturated carbocycles. The van der Waals surface area contributed by atoms with Gasteiger partial charge in [-0.3, -0.25) is 4.79 Å². The third-order valence-corrected chi connectivity index (χ3v) is 8.59. The topological polar surface area (TPSA) is 65.7 Å².